The first-order chi connectivity index (χ1) is 13.0. The summed E-state index contributed by atoms with van der Waals surface area (Å²) < 4.78 is 6.40. The zero-order valence-corrected chi connectivity index (χ0v) is 16.7. The fraction of sp³-hybridized carbons (Fsp3) is 0.500. The maximum atomic E-state index is 13.3. The number of nitrogens with two attached hydrogens (primary N) is 1. The lowest BCUT2D eigenvalue weighted by Gasteiger charge is -2.35. The van der Waals surface area contributed by atoms with E-state index >= 15 is 0 Å². The number of benzene rings is 1. The van der Waals surface area contributed by atoms with E-state index in [9.17, 15) is 9.59 Å². The lowest BCUT2D eigenvalue weighted by molar-refractivity contribution is -0.121. The Morgan fingerprint density at radius 2 is 2.19 bits per heavy atom. The van der Waals surface area contributed by atoms with Crippen LogP contribution in [0.2, 0.25) is 0 Å². The van der Waals surface area contributed by atoms with Crippen LogP contribution in [-0.4, -0.2) is 49.5 Å². The lowest BCUT2D eigenvalue weighted by Crippen LogP contribution is -2.49. The summed E-state index contributed by atoms with van der Waals surface area (Å²) in [6.45, 7) is 3.55. The molecule has 27 heavy (non-hydrogen) atoms. The van der Waals surface area contributed by atoms with Crippen LogP contribution in [0.1, 0.15) is 40.9 Å². The molecule has 3 N–H and O–H groups in total. The second-order valence-corrected chi connectivity index (χ2v) is 7.96. The lowest BCUT2D eigenvalue weighted by atomic mass is 10.0. The molecule has 3 rings (SSSR count). The van der Waals surface area contributed by atoms with Gasteiger partial charge in [0.25, 0.3) is 5.91 Å². The average Bonchev–Trinajstić information content (AvgIpc) is 3.02. The molecule has 0 saturated carbocycles. The number of ether oxygens (including phenoxy) is 1. The van der Waals surface area contributed by atoms with Crippen LogP contribution in [0.3, 0.4) is 0 Å². The number of hydrogen-bond acceptors (Lipinski definition) is 5. The van der Waals surface area contributed by atoms with Crippen molar-refractivity contribution in [3.05, 3.63) is 28.6 Å². The number of thiophene rings is 1. The van der Waals surface area contributed by atoms with E-state index in [0.717, 1.165) is 52.1 Å². The van der Waals surface area contributed by atoms with Gasteiger partial charge in [-0.2, -0.15) is 0 Å². The summed E-state index contributed by atoms with van der Waals surface area (Å²) in [5.41, 5.74) is 6.43. The Hall–Kier alpha value is -2.12. The van der Waals surface area contributed by atoms with Crippen molar-refractivity contribution in [1.82, 2.24) is 10.2 Å². The topological polar surface area (TPSA) is 84.7 Å². The molecule has 146 valence electrons. The first kappa shape index (κ1) is 19.6. The molecule has 1 aliphatic rings. The van der Waals surface area contributed by atoms with Crippen molar-refractivity contribution in [2.75, 3.05) is 26.7 Å². The predicted octanol–water partition coefficient (Wildman–Crippen LogP) is 2.68. The maximum Gasteiger partial charge on any atom is 0.264 e. The molecule has 1 saturated heterocycles. The number of likely N-dealkylation sites (tertiary alicyclic amines) is 1. The van der Waals surface area contributed by atoms with Crippen LogP contribution in [0.4, 0.5) is 0 Å². The summed E-state index contributed by atoms with van der Waals surface area (Å²) in [5, 5.41) is 3.98. The summed E-state index contributed by atoms with van der Waals surface area (Å²) in [4.78, 5) is 27.8. The number of aryl methyl sites for hydroxylation is 1. The van der Waals surface area contributed by atoms with Crippen LogP contribution < -0.4 is 15.8 Å². The first-order valence-electron chi connectivity index (χ1n) is 9.40. The van der Waals surface area contributed by atoms with Gasteiger partial charge in [0.15, 0.2) is 0 Å². The van der Waals surface area contributed by atoms with Crippen molar-refractivity contribution in [1.29, 1.82) is 0 Å². The molecular formula is C20H27N3O3S. The highest BCUT2D eigenvalue weighted by Crippen LogP contribution is 2.35. The molecule has 2 aromatic rings. The van der Waals surface area contributed by atoms with E-state index in [-0.39, 0.29) is 17.9 Å². The van der Waals surface area contributed by atoms with Crippen LogP contribution in [0.25, 0.3) is 10.1 Å². The third-order valence-corrected chi connectivity index (χ3v) is 6.39. The van der Waals surface area contributed by atoms with Gasteiger partial charge in [-0.05, 0) is 55.3 Å². The molecule has 0 radical (unpaired) electrons. The van der Waals surface area contributed by atoms with Gasteiger partial charge in [0.1, 0.15) is 5.75 Å². The van der Waals surface area contributed by atoms with E-state index in [0.29, 0.717) is 19.5 Å². The van der Waals surface area contributed by atoms with E-state index < -0.39 is 0 Å². The smallest absolute Gasteiger partial charge is 0.264 e. The molecule has 2 amide bonds. The van der Waals surface area contributed by atoms with Crippen molar-refractivity contribution in [2.45, 2.75) is 38.6 Å². The molecule has 1 atom stereocenters. The highest BCUT2D eigenvalue weighted by molar-refractivity contribution is 7.21. The number of carbonyl (C=O) groups is 2. The molecule has 1 aliphatic heterocycles. The van der Waals surface area contributed by atoms with E-state index in [1.165, 1.54) is 11.3 Å². The molecule has 1 unspecified atom stereocenters. The van der Waals surface area contributed by atoms with Crippen LogP contribution >= 0.6 is 11.3 Å². The minimum atomic E-state index is -0.0550. The number of nitrogens with zero attached hydrogens (tertiary/aromatic N) is 1. The van der Waals surface area contributed by atoms with Crippen molar-refractivity contribution < 1.29 is 14.3 Å². The number of hydrogen-bond donors (Lipinski definition) is 2. The molecule has 1 aromatic carbocycles. The van der Waals surface area contributed by atoms with Crippen LogP contribution in [-0.2, 0) is 4.79 Å². The van der Waals surface area contributed by atoms with Gasteiger partial charge in [0, 0.05) is 36.8 Å². The first-order valence-corrected chi connectivity index (χ1v) is 10.2. The number of fused-ring (bicyclic) bond motifs is 1. The predicted molar refractivity (Wildman–Crippen MR) is 108 cm³/mol. The summed E-state index contributed by atoms with van der Waals surface area (Å²) >= 11 is 1.53. The molecule has 7 heteroatoms. The Morgan fingerprint density at radius 3 is 2.93 bits per heavy atom. The quantitative estimate of drug-likeness (QED) is 0.795. The molecule has 0 spiro atoms. The van der Waals surface area contributed by atoms with Crippen molar-refractivity contribution in [2.24, 2.45) is 5.73 Å². The number of nitrogens with one attached hydrogen (secondary N) is 1. The molecular weight excluding hydrogens is 362 g/mol. The molecule has 1 fully saturated rings. The van der Waals surface area contributed by atoms with Gasteiger partial charge in [-0.1, -0.05) is 0 Å². The van der Waals surface area contributed by atoms with Crippen molar-refractivity contribution >= 4 is 33.2 Å². The summed E-state index contributed by atoms with van der Waals surface area (Å²) in [7, 11) is 1.65. The molecule has 0 bridgehead atoms. The van der Waals surface area contributed by atoms with Crippen molar-refractivity contribution in [3.63, 3.8) is 0 Å². The highest BCUT2D eigenvalue weighted by atomic mass is 32.1. The van der Waals surface area contributed by atoms with Gasteiger partial charge in [-0.3, -0.25) is 9.59 Å². The van der Waals surface area contributed by atoms with Gasteiger partial charge >= 0.3 is 0 Å². The number of methoxy groups -OCH3 is 1. The third-order valence-electron chi connectivity index (χ3n) is 5.13. The van der Waals surface area contributed by atoms with Gasteiger partial charge < -0.3 is 20.7 Å². The van der Waals surface area contributed by atoms with E-state index in [4.69, 9.17) is 10.5 Å². The number of carbonyl (C=O) groups excluding carboxylic acids is 2. The Morgan fingerprint density at radius 1 is 1.37 bits per heavy atom. The minimum absolute atomic E-state index is 0.0344. The monoisotopic (exact) mass is 389 g/mol. The maximum absolute atomic E-state index is 13.3. The Kier molecular flexibility index (Phi) is 6.34. The number of amides is 2. The molecule has 6 nitrogen and oxygen atoms in total. The normalized spacial score (nSPS) is 17.1. The zero-order chi connectivity index (χ0) is 19.4. The fourth-order valence-electron chi connectivity index (χ4n) is 3.59. The highest BCUT2D eigenvalue weighted by Gasteiger charge is 2.30. The second-order valence-electron chi connectivity index (χ2n) is 6.91. The Labute approximate surface area is 163 Å². The summed E-state index contributed by atoms with van der Waals surface area (Å²) in [6.07, 6.45) is 3.30. The fourth-order valence-corrected chi connectivity index (χ4v) is 4.74. The standard InChI is InChI=1S/C20H27N3O3S/c1-13-16-11-15(26-2)6-7-17(16)27-19(13)20(25)23-10-4-3-5-14(23)12-22-18(24)8-9-21/h6-7,11,14H,3-5,8-10,12,21H2,1-2H3,(H,22,24). The van der Waals surface area contributed by atoms with Gasteiger partial charge in [0.2, 0.25) is 5.91 Å². The van der Waals surface area contributed by atoms with Crippen molar-refractivity contribution in [3.8, 4) is 5.75 Å². The number of piperidine rings is 1. The second kappa shape index (κ2) is 8.71. The summed E-state index contributed by atoms with van der Waals surface area (Å²) in [5.74, 6) is 0.798. The molecule has 1 aromatic heterocycles. The van der Waals surface area contributed by atoms with Gasteiger partial charge in [-0.25, -0.2) is 0 Å². The Bertz CT molecular complexity index is 833. The van der Waals surface area contributed by atoms with Gasteiger partial charge in [-0.15, -0.1) is 11.3 Å². The Balaban J connectivity index is 1.81. The summed E-state index contributed by atoms with van der Waals surface area (Å²) in [6, 6.07) is 5.94. The molecule has 0 aliphatic carbocycles. The van der Waals surface area contributed by atoms with Crippen LogP contribution in [0.15, 0.2) is 18.2 Å². The van der Waals surface area contributed by atoms with E-state index in [2.05, 4.69) is 5.32 Å². The molecule has 2 heterocycles. The van der Waals surface area contributed by atoms with E-state index in [1.54, 1.807) is 7.11 Å². The zero-order valence-electron chi connectivity index (χ0n) is 15.9. The van der Waals surface area contributed by atoms with Crippen LogP contribution in [0.5, 0.6) is 5.75 Å². The average molecular weight is 390 g/mol. The van der Waals surface area contributed by atoms with Gasteiger partial charge in [0.05, 0.1) is 12.0 Å². The minimum Gasteiger partial charge on any atom is -0.497 e. The van der Waals surface area contributed by atoms with Crippen LogP contribution in [0, 0.1) is 6.92 Å². The third kappa shape index (κ3) is 4.25. The SMILES string of the molecule is COc1ccc2sc(C(=O)N3CCCCC3CNC(=O)CCN)c(C)c2c1. The number of rotatable bonds is 6. The largest absolute Gasteiger partial charge is 0.497 e. The van der Waals surface area contributed by atoms with E-state index in [1.807, 2.05) is 30.0 Å².